The number of piperazine rings is 1. The normalized spacial score (nSPS) is 19.1. The summed E-state index contributed by atoms with van der Waals surface area (Å²) in [5, 5.41) is 2.20. The SMILES string of the molecule is Cc1ccccc1C1c2ccsc2CCN1CCC(=O)N1CCN(C(=O)C(c2ccccc2)c2ccccc2)C(C)C1. The molecule has 0 spiro atoms. The van der Waals surface area contributed by atoms with Crippen molar-refractivity contribution in [3.63, 3.8) is 0 Å². The summed E-state index contributed by atoms with van der Waals surface area (Å²) in [6, 6.07) is 31.1. The number of aryl methyl sites for hydroxylation is 1. The lowest BCUT2D eigenvalue weighted by molar-refractivity contribution is -0.143. The van der Waals surface area contributed by atoms with Crippen molar-refractivity contribution in [2.75, 3.05) is 32.7 Å². The topological polar surface area (TPSA) is 43.9 Å². The average Bonchev–Trinajstić information content (AvgIpc) is 3.50. The predicted molar refractivity (Wildman–Crippen MR) is 170 cm³/mol. The van der Waals surface area contributed by atoms with E-state index in [1.807, 2.05) is 81.8 Å². The van der Waals surface area contributed by atoms with E-state index in [0.717, 1.165) is 30.6 Å². The van der Waals surface area contributed by atoms with Crippen molar-refractivity contribution in [3.8, 4) is 0 Å². The summed E-state index contributed by atoms with van der Waals surface area (Å²) in [5.41, 5.74) is 6.00. The highest BCUT2D eigenvalue weighted by molar-refractivity contribution is 7.10. The monoisotopic (exact) mass is 577 g/mol. The maximum absolute atomic E-state index is 14.0. The number of benzene rings is 3. The van der Waals surface area contributed by atoms with Gasteiger partial charge in [0.25, 0.3) is 0 Å². The molecule has 3 heterocycles. The second kappa shape index (κ2) is 12.6. The van der Waals surface area contributed by atoms with Crippen LogP contribution in [0.1, 0.15) is 58.0 Å². The molecule has 1 fully saturated rings. The molecule has 0 saturated carbocycles. The summed E-state index contributed by atoms with van der Waals surface area (Å²) in [6.07, 6.45) is 1.52. The van der Waals surface area contributed by atoms with E-state index < -0.39 is 0 Å². The molecule has 6 rings (SSSR count). The van der Waals surface area contributed by atoms with Gasteiger partial charge in [0.15, 0.2) is 0 Å². The zero-order valence-electron chi connectivity index (χ0n) is 24.5. The van der Waals surface area contributed by atoms with Crippen LogP contribution in [0, 0.1) is 6.92 Å². The van der Waals surface area contributed by atoms with Crippen molar-refractivity contribution in [3.05, 3.63) is 129 Å². The Balaban J connectivity index is 1.12. The van der Waals surface area contributed by atoms with Crippen LogP contribution in [-0.2, 0) is 16.0 Å². The van der Waals surface area contributed by atoms with Gasteiger partial charge in [-0.05, 0) is 59.5 Å². The molecule has 4 aromatic rings. The highest BCUT2D eigenvalue weighted by Gasteiger charge is 2.35. The Morgan fingerprint density at radius 1 is 0.833 bits per heavy atom. The summed E-state index contributed by atoms with van der Waals surface area (Å²) >= 11 is 1.85. The van der Waals surface area contributed by atoms with Crippen LogP contribution >= 0.6 is 11.3 Å². The lowest BCUT2D eigenvalue weighted by Crippen LogP contribution is -2.56. The molecule has 6 heteroatoms. The number of thiophene rings is 1. The minimum Gasteiger partial charge on any atom is -0.339 e. The van der Waals surface area contributed by atoms with Crippen LogP contribution in [-0.4, -0.2) is 65.3 Å². The Bertz CT molecular complexity index is 1480. The third kappa shape index (κ3) is 5.79. The molecule has 1 aromatic heterocycles. The molecule has 216 valence electrons. The highest BCUT2D eigenvalue weighted by atomic mass is 32.1. The Labute approximate surface area is 253 Å². The van der Waals surface area contributed by atoms with Crippen molar-refractivity contribution in [2.24, 2.45) is 0 Å². The van der Waals surface area contributed by atoms with Gasteiger partial charge in [0.1, 0.15) is 0 Å². The van der Waals surface area contributed by atoms with Crippen molar-refractivity contribution < 1.29 is 9.59 Å². The smallest absolute Gasteiger partial charge is 0.234 e. The van der Waals surface area contributed by atoms with E-state index in [1.165, 1.54) is 21.6 Å². The van der Waals surface area contributed by atoms with Crippen LogP contribution < -0.4 is 0 Å². The van der Waals surface area contributed by atoms with Crippen molar-refractivity contribution in [1.29, 1.82) is 0 Å². The minimum atomic E-state index is -0.350. The van der Waals surface area contributed by atoms with Gasteiger partial charge in [0.05, 0.1) is 12.0 Å². The minimum absolute atomic E-state index is 0.0480. The number of rotatable bonds is 7. The fraction of sp³-hybridized carbons (Fsp3) is 0.333. The first kappa shape index (κ1) is 28.4. The first-order chi connectivity index (χ1) is 20.5. The maximum Gasteiger partial charge on any atom is 0.234 e. The number of nitrogens with zero attached hydrogens (tertiary/aromatic N) is 3. The van der Waals surface area contributed by atoms with Crippen LogP contribution in [0.2, 0.25) is 0 Å². The quantitative estimate of drug-likeness (QED) is 0.260. The highest BCUT2D eigenvalue weighted by Crippen LogP contribution is 2.39. The van der Waals surface area contributed by atoms with Crippen LogP contribution in [0.4, 0.5) is 0 Å². The standard InChI is InChI=1S/C36H39N3O2S/c1-26-11-9-10-16-30(26)35-31-19-24-42-32(31)17-20-37(35)21-18-33(40)38-22-23-39(27(2)25-38)36(41)34(28-12-5-3-6-13-28)29-14-7-4-8-15-29/h3-16,19,24,27,34-35H,17-18,20-23,25H2,1-2H3. The van der Waals surface area contributed by atoms with E-state index in [-0.39, 0.29) is 29.8 Å². The van der Waals surface area contributed by atoms with Crippen LogP contribution in [0.15, 0.2) is 96.4 Å². The van der Waals surface area contributed by atoms with Gasteiger partial charge in [-0.3, -0.25) is 14.5 Å². The molecule has 5 nitrogen and oxygen atoms in total. The van der Waals surface area contributed by atoms with Gasteiger partial charge < -0.3 is 9.80 Å². The third-order valence-electron chi connectivity index (χ3n) is 8.94. The van der Waals surface area contributed by atoms with E-state index in [9.17, 15) is 9.59 Å². The fourth-order valence-electron chi connectivity index (χ4n) is 6.71. The predicted octanol–water partition coefficient (Wildman–Crippen LogP) is 6.29. The molecule has 0 bridgehead atoms. The van der Waals surface area contributed by atoms with Crippen LogP contribution in [0.5, 0.6) is 0 Å². The number of carbonyl (C=O) groups excluding carboxylic acids is 2. The first-order valence-electron chi connectivity index (χ1n) is 15.0. The van der Waals surface area contributed by atoms with Gasteiger partial charge in [0, 0.05) is 50.1 Å². The average molecular weight is 578 g/mol. The molecule has 1 saturated heterocycles. The third-order valence-corrected chi connectivity index (χ3v) is 9.93. The fourth-order valence-corrected chi connectivity index (χ4v) is 7.61. The zero-order chi connectivity index (χ0) is 29.1. The molecule has 0 aliphatic carbocycles. The molecule has 2 aliphatic rings. The van der Waals surface area contributed by atoms with Crippen molar-refractivity contribution in [1.82, 2.24) is 14.7 Å². The molecule has 2 aliphatic heterocycles. The summed E-state index contributed by atoms with van der Waals surface area (Å²) in [6.45, 7) is 7.63. The second-order valence-corrected chi connectivity index (χ2v) is 12.6. The zero-order valence-corrected chi connectivity index (χ0v) is 25.3. The Morgan fingerprint density at radius 2 is 1.50 bits per heavy atom. The molecule has 0 N–H and O–H groups in total. The van der Waals surface area contributed by atoms with Gasteiger partial charge >= 0.3 is 0 Å². The van der Waals surface area contributed by atoms with Gasteiger partial charge in [-0.15, -0.1) is 11.3 Å². The first-order valence-corrected chi connectivity index (χ1v) is 15.9. The maximum atomic E-state index is 14.0. The molecule has 0 radical (unpaired) electrons. The summed E-state index contributed by atoms with van der Waals surface area (Å²) in [4.78, 5) is 35.5. The van der Waals surface area contributed by atoms with E-state index in [4.69, 9.17) is 0 Å². The Morgan fingerprint density at radius 3 is 2.17 bits per heavy atom. The van der Waals surface area contributed by atoms with E-state index >= 15 is 0 Å². The molecule has 2 atom stereocenters. The number of amides is 2. The molecule has 3 aromatic carbocycles. The number of hydrogen-bond donors (Lipinski definition) is 0. The van der Waals surface area contributed by atoms with E-state index in [1.54, 1.807) is 0 Å². The summed E-state index contributed by atoms with van der Waals surface area (Å²) in [5.74, 6) is -0.0687. The second-order valence-electron chi connectivity index (χ2n) is 11.6. The largest absolute Gasteiger partial charge is 0.339 e. The lowest BCUT2D eigenvalue weighted by atomic mass is 9.89. The van der Waals surface area contributed by atoms with Crippen LogP contribution in [0.25, 0.3) is 0 Å². The molecule has 2 unspecified atom stereocenters. The van der Waals surface area contributed by atoms with Gasteiger partial charge in [-0.25, -0.2) is 0 Å². The summed E-state index contributed by atoms with van der Waals surface area (Å²) in [7, 11) is 0. The molecular formula is C36H39N3O2S. The molecular weight excluding hydrogens is 538 g/mol. The van der Waals surface area contributed by atoms with Gasteiger partial charge in [0.2, 0.25) is 11.8 Å². The van der Waals surface area contributed by atoms with Crippen molar-refractivity contribution in [2.45, 2.75) is 44.7 Å². The molecule has 2 amide bonds. The van der Waals surface area contributed by atoms with E-state index in [2.05, 4.69) is 54.5 Å². The Hall–Kier alpha value is -3.74. The molecule has 42 heavy (non-hydrogen) atoms. The summed E-state index contributed by atoms with van der Waals surface area (Å²) < 4.78 is 0. The Kier molecular flexibility index (Phi) is 8.54. The lowest BCUT2D eigenvalue weighted by Gasteiger charge is -2.42. The number of hydrogen-bond acceptors (Lipinski definition) is 4. The van der Waals surface area contributed by atoms with Crippen LogP contribution in [0.3, 0.4) is 0 Å². The van der Waals surface area contributed by atoms with Crippen molar-refractivity contribution >= 4 is 23.2 Å². The van der Waals surface area contributed by atoms with E-state index in [0.29, 0.717) is 26.1 Å². The van der Waals surface area contributed by atoms with Gasteiger partial charge in [-0.1, -0.05) is 84.9 Å². The number of carbonyl (C=O) groups is 2. The number of fused-ring (bicyclic) bond motifs is 1. The van der Waals surface area contributed by atoms with Gasteiger partial charge in [-0.2, -0.15) is 0 Å².